The van der Waals surface area contributed by atoms with E-state index in [2.05, 4.69) is 14.7 Å². The Kier molecular flexibility index (Phi) is 5.47. The molecule has 142 valence electrons. The Morgan fingerprint density at radius 2 is 2.00 bits per heavy atom. The number of anilines is 1. The van der Waals surface area contributed by atoms with Crippen molar-refractivity contribution in [1.82, 2.24) is 9.97 Å². The van der Waals surface area contributed by atoms with Gasteiger partial charge >= 0.3 is 5.97 Å². The molecule has 3 rings (SSSR count). The highest BCUT2D eigenvalue weighted by Gasteiger charge is 2.24. The number of sulfonamides is 1. The summed E-state index contributed by atoms with van der Waals surface area (Å²) in [6, 6.07) is 9.49. The average molecular weight is 407 g/mol. The quantitative estimate of drug-likeness (QED) is 0.582. The molecule has 0 saturated carbocycles. The lowest BCUT2D eigenvalue weighted by Gasteiger charge is -2.08. The molecular weight excluding hydrogens is 390 g/mol. The van der Waals surface area contributed by atoms with Gasteiger partial charge < -0.3 is 14.5 Å². The molecule has 0 bridgehead atoms. The summed E-state index contributed by atoms with van der Waals surface area (Å²) in [5, 5.41) is 1.85. The van der Waals surface area contributed by atoms with Gasteiger partial charge in [-0.15, -0.1) is 11.3 Å². The number of carbonyl (C=O) groups excluding carboxylic acids is 1. The highest BCUT2D eigenvalue weighted by Crippen LogP contribution is 2.27. The number of rotatable bonds is 7. The fraction of sp³-hybridized carbons (Fsp3) is 0.176. The standard InChI is InChI=1S/C17H17N3O5S2/c1-3-25-17(21)14-16(19-15(18-14)13-5-4-10-26-13)20-27(22,23)12-8-6-11(24-2)7-9-12/h4-10,20H,3H2,1-2H3,(H,18,19). The molecule has 2 N–H and O–H groups in total. The first-order valence-corrected chi connectivity index (χ1v) is 10.3. The fourth-order valence-corrected chi connectivity index (χ4v) is 3.95. The molecule has 3 aromatic rings. The number of ether oxygens (including phenoxy) is 2. The second-order valence-corrected chi connectivity index (χ2v) is 7.92. The van der Waals surface area contributed by atoms with Crippen LogP contribution in [-0.4, -0.2) is 38.1 Å². The minimum atomic E-state index is -3.96. The number of esters is 1. The summed E-state index contributed by atoms with van der Waals surface area (Å²) in [6.45, 7) is 1.81. The third-order valence-corrected chi connectivity index (χ3v) is 5.77. The maximum absolute atomic E-state index is 12.7. The molecule has 1 aromatic carbocycles. The van der Waals surface area contributed by atoms with Crippen LogP contribution in [0.25, 0.3) is 10.7 Å². The average Bonchev–Trinajstić information content (AvgIpc) is 3.31. The molecular formula is C17H17N3O5S2. The van der Waals surface area contributed by atoms with Gasteiger partial charge in [0.15, 0.2) is 17.3 Å². The van der Waals surface area contributed by atoms with E-state index in [9.17, 15) is 13.2 Å². The highest BCUT2D eigenvalue weighted by molar-refractivity contribution is 7.92. The minimum Gasteiger partial charge on any atom is -0.497 e. The van der Waals surface area contributed by atoms with Gasteiger partial charge in [0.2, 0.25) is 0 Å². The van der Waals surface area contributed by atoms with Crippen LogP contribution in [0.1, 0.15) is 17.4 Å². The number of imidazole rings is 1. The zero-order chi connectivity index (χ0) is 19.4. The van der Waals surface area contributed by atoms with Crippen molar-refractivity contribution in [3.05, 3.63) is 47.5 Å². The summed E-state index contributed by atoms with van der Waals surface area (Å²) in [6.07, 6.45) is 0. The van der Waals surface area contributed by atoms with Crippen molar-refractivity contribution in [2.24, 2.45) is 0 Å². The summed E-state index contributed by atoms with van der Waals surface area (Å²) in [7, 11) is -2.47. The van der Waals surface area contributed by atoms with Crippen LogP contribution in [0.15, 0.2) is 46.7 Å². The molecule has 0 saturated heterocycles. The van der Waals surface area contributed by atoms with E-state index in [0.717, 1.165) is 4.88 Å². The van der Waals surface area contributed by atoms with Gasteiger partial charge in [-0.2, -0.15) is 0 Å². The Morgan fingerprint density at radius 3 is 2.59 bits per heavy atom. The first kappa shape index (κ1) is 18.9. The number of nitrogens with one attached hydrogen (secondary N) is 2. The molecule has 2 aromatic heterocycles. The summed E-state index contributed by atoms with van der Waals surface area (Å²) < 4.78 is 37.7. The molecule has 0 unspecified atom stereocenters. The minimum absolute atomic E-state index is 0.0128. The zero-order valence-electron chi connectivity index (χ0n) is 14.6. The van der Waals surface area contributed by atoms with E-state index < -0.39 is 16.0 Å². The van der Waals surface area contributed by atoms with Crippen molar-refractivity contribution in [3.8, 4) is 16.5 Å². The molecule has 0 aliphatic carbocycles. The van der Waals surface area contributed by atoms with Crippen molar-refractivity contribution >= 4 is 33.1 Å². The molecule has 0 atom stereocenters. The van der Waals surface area contributed by atoms with Gasteiger partial charge in [0.05, 0.1) is 23.5 Å². The van der Waals surface area contributed by atoms with Gasteiger partial charge in [-0.05, 0) is 42.6 Å². The highest BCUT2D eigenvalue weighted by atomic mass is 32.2. The number of hydrogen-bond acceptors (Lipinski definition) is 7. The van der Waals surface area contributed by atoms with Crippen molar-refractivity contribution in [1.29, 1.82) is 0 Å². The van der Waals surface area contributed by atoms with E-state index in [1.165, 1.54) is 42.7 Å². The van der Waals surface area contributed by atoms with Crippen molar-refractivity contribution in [2.75, 3.05) is 18.4 Å². The van der Waals surface area contributed by atoms with Crippen LogP contribution in [0.5, 0.6) is 5.75 Å². The van der Waals surface area contributed by atoms with E-state index in [4.69, 9.17) is 9.47 Å². The summed E-state index contributed by atoms with van der Waals surface area (Å²) >= 11 is 1.40. The van der Waals surface area contributed by atoms with Crippen LogP contribution in [0, 0.1) is 0 Å². The number of H-pyrrole nitrogens is 1. The van der Waals surface area contributed by atoms with E-state index in [-0.39, 0.29) is 23.0 Å². The van der Waals surface area contributed by atoms with E-state index in [1.807, 2.05) is 11.4 Å². The van der Waals surface area contributed by atoms with Crippen LogP contribution >= 0.6 is 11.3 Å². The van der Waals surface area contributed by atoms with Gasteiger partial charge in [-0.25, -0.2) is 18.2 Å². The predicted octanol–water partition coefficient (Wildman–Crippen LogP) is 3.12. The lowest BCUT2D eigenvalue weighted by molar-refractivity contribution is 0.0521. The summed E-state index contributed by atoms with van der Waals surface area (Å²) in [5.74, 6) is 0.0919. The van der Waals surface area contributed by atoms with Crippen molar-refractivity contribution in [3.63, 3.8) is 0 Å². The zero-order valence-corrected chi connectivity index (χ0v) is 16.2. The molecule has 0 radical (unpaired) electrons. The largest absolute Gasteiger partial charge is 0.497 e. The van der Waals surface area contributed by atoms with Gasteiger partial charge in [-0.3, -0.25) is 4.72 Å². The number of carbonyl (C=O) groups is 1. The first-order valence-electron chi connectivity index (χ1n) is 7.92. The molecule has 0 amide bonds. The number of aromatic amines is 1. The molecule has 8 nitrogen and oxygen atoms in total. The Hall–Kier alpha value is -2.85. The SMILES string of the molecule is CCOC(=O)c1[nH]c(-c2cccs2)nc1NS(=O)(=O)c1ccc(OC)cc1. The Morgan fingerprint density at radius 1 is 1.26 bits per heavy atom. The molecule has 0 spiro atoms. The van der Waals surface area contributed by atoms with Crippen molar-refractivity contribution in [2.45, 2.75) is 11.8 Å². The Balaban J connectivity index is 1.97. The van der Waals surface area contributed by atoms with Crippen LogP contribution in [0.4, 0.5) is 5.82 Å². The second-order valence-electron chi connectivity index (χ2n) is 5.29. The molecule has 27 heavy (non-hydrogen) atoms. The second kappa shape index (κ2) is 7.80. The van der Waals surface area contributed by atoms with Gasteiger partial charge in [0.1, 0.15) is 5.75 Å². The first-order chi connectivity index (χ1) is 12.9. The normalized spacial score (nSPS) is 11.2. The van der Waals surface area contributed by atoms with E-state index >= 15 is 0 Å². The van der Waals surface area contributed by atoms with Crippen LogP contribution in [0.3, 0.4) is 0 Å². The monoisotopic (exact) mass is 407 g/mol. The van der Waals surface area contributed by atoms with Crippen LogP contribution in [-0.2, 0) is 14.8 Å². The third kappa shape index (κ3) is 4.12. The van der Waals surface area contributed by atoms with E-state index in [1.54, 1.807) is 13.0 Å². The van der Waals surface area contributed by atoms with Crippen LogP contribution < -0.4 is 9.46 Å². The molecule has 2 heterocycles. The number of benzene rings is 1. The smallest absolute Gasteiger partial charge is 0.358 e. The molecule has 0 aliphatic rings. The maximum atomic E-state index is 12.7. The molecule has 0 aliphatic heterocycles. The lowest BCUT2D eigenvalue weighted by Crippen LogP contribution is -2.16. The Bertz CT molecular complexity index is 1030. The number of thiophene rings is 1. The third-order valence-electron chi connectivity index (χ3n) is 3.54. The Labute approximate surface area is 160 Å². The van der Waals surface area contributed by atoms with E-state index in [0.29, 0.717) is 11.6 Å². The number of nitrogens with zero attached hydrogens (tertiary/aromatic N) is 1. The maximum Gasteiger partial charge on any atom is 0.358 e. The van der Waals surface area contributed by atoms with Gasteiger partial charge in [-0.1, -0.05) is 6.07 Å². The number of hydrogen-bond donors (Lipinski definition) is 2. The topological polar surface area (TPSA) is 110 Å². The van der Waals surface area contributed by atoms with Crippen molar-refractivity contribution < 1.29 is 22.7 Å². The molecule has 10 heteroatoms. The number of methoxy groups -OCH3 is 1. The van der Waals surface area contributed by atoms with Gasteiger partial charge in [0, 0.05) is 0 Å². The number of aromatic nitrogens is 2. The summed E-state index contributed by atoms with van der Waals surface area (Å²) in [4.78, 5) is 20.1. The fourth-order valence-electron chi connectivity index (χ4n) is 2.27. The van der Waals surface area contributed by atoms with Gasteiger partial charge in [0.25, 0.3) is 10.0 Å². The summed E-state index contributed by atoms with van der Waals surface area (Å²) in [5.41, 5.74) is -0.0580. The predicted molar refractivity (Wildman–Crippen MR) is 102 cm³/mol. The lowest BCUT2D eigenvalue weighted by atomic mass is 10.3. The van der Waals surface area contributed by atoms with Crippen LogP contribution in [0.2, 0.25) is 0 Å². The molecule has 0 fully saturated rings.